The number of nitrogens with zero attached hydrogens (tertiary/aromatic N) is 1. The van der Waals surface area contributed by atoms with Crippen molar-refractivity contribution in [1.29, 1.82) is 0 Å². The highest BCUT2D eigenvalue weighted by molar-refractivity contribution is 5.85. The molecule has 1 saturated carbocycles. The first kappa shape index (κ1) is 15.5. The number of carboxylic acid groups (broad SMARTS) is 1. The van der Waals surface area contributed by atoms with E-state index in [0.717, 1.165) is 24.1 Å². The number of hydrogen-bond acceptors (Lipinski definition) is 3. The summed E-state index contributed by atoms with van der Waals surface area (Å²) in [5.74, 6) is -1.58. The molecule has 21 heavy (non-hydrogen) atoms. The first-order valence-corrected chi connectivity index (χ1v) is 7.48. The minimum atomic E-state index is -0.853. The first-order chi connectivity index (χ1) is 9.99. The molecule has 0 aliphatic heterocycles. The summed E-state index contributed by atoms with van der Waals surface area (Å²) in [6.07, 6.45) is 4.75. The zero-order chi connectivity index (χ0) is 15.4. The summed E-state index contributed by atoms with van der Waals surface area (Å²) in [6, 6.07) is 0. The number of carboxylic acids is 1. The number of aryl methyl sites for hydroxylation is 2. The molecule has 0 saturated heterocycles. The lowest BCUT2D eigenvalue weighted by Crippen LogP contribution is -2.35. The van der Waals surface area contributed by atoms with Crippen molar-refractivity contribution in [2.75, 3.05) is 6.54 Å². The van der Waals surface area contributed by atoms with E-state index in [1.807, 2.05) is 13.8 Å². The van der Waals surface area contributed by atoms with Crippen molar-refractivity contribution in [2.24, 2.45) is 17.8 Å². The normalized spacial score (nSPS) is 25.0. The Bertz CT molecular complexity index is 512. The molecule has 1 aromatic heterocycles. The van der Waals surface area contributed by atoms with Crippen LogP contribution in [0.2, 0.25) is 0 Å². The molecule has 0 bridgehead atoms. The minimum absolute atomic E-state index is 0.115. The molecule has 0 aromatic carbocycles. The molecule has 1 aliphatic rings. The van der Waals surface area contributed by atoms with Gasteiger partial charge >= 0.3 is 5.97 Å². The third kappa shape index (κ3) is 3.83. The van der Waals surface area contributed by atoms with Crippen LogP contribution < -0.4 is 5.32 Å². The summed E-state index contributed by atoms with van der Waals surface area (Å²) in [5, 5.41) is 18.9. The van der Waals surface area contributed by atoms with Gasteiger partial charge in [0.1, 0.15) is 0 Å². The van der Waals surface area contributed by atoms with Gasteiger partial charge in [0.15, 0.2) is 0 Å². The van der Waals surface area contributed by atoms with Crippen LogP contribution in [-0.4, -0.2) is 33.7 Å². The number of aromatic nitrogens is 2. The second-order valence-corrected chi connectivity index (χ2v) is 6.04. The van der Waals surface area contributed by atoms with Gasteiger partial charge in [0.05, 0.1) is 18.0 Å². The number of aliphatic carboxylic acids is 1. The summed E-state index contributed by atoms with van der Waals surface area (Å²) in [7, 11) is 0. The zero-order valence-corrected chi connectivity index (χ0v) is 12.6. The number of carbonyl (C=O) groups is 2. The molecular weight excluding hydrogens is 270 g/mol. The van der Waals surface area contributed by atoms with Crippen molar-refractivity contribution < 1.29 is 14.7 Å². The quantitative estimate of drug-likeness (QED) is 0.693. The van der Waals surface area contributed by atoms with Crippen LogP contribution in [0.1, 0.15) is 37.4 Å². The topological polar surface area (TPSA) is 95.1 Å². The van der Waals surface area contributed by atoms with Crippen LogP contribution in [0.15, 0.2) is 6.20 Å². The number of rotatable bonds is 6. The van der Waals surface area contributed by atoms with E-state index in [0.29, 0.717) is 25.3 Å². The van der Waals surface area contributed by atoms with Crippen molar-refractivity contribution in [3.8, 4) is 0 Å². The van der Waals surface area contributed by atoms with Crippen LogP contribution in [-0.2, 0) is 16.0 Å². The molecule has 0 spiro atoms. The van der Waals surface area contributed by atoms with E-state index in [1.165, 1.54) is 0 Å². The van der Waals surface area contributed by atoms with Crippen LogP contribution in [0.3, 0.4) is 0 Å². The Morgan fingerprint density at radius 2 is 2.14 bits per heavy atom. The summed E-state index contributed by atoms with van der Waals surface area (Å²) in [6.45, 7) is 4.55. The lowest BCUT2D eigenvalue weighted by molar-refractivity contribution is -0.146. The van der Waals surface area contributed by atoms with Crippen LogP contribution in [0.25, 0.3) is 0 Å². The van der Waals surface area contributed by atoms with Crippen molar-refractivity contribution >= 4 is 11.9 Å². The van der Waals surface area contributed by atoms with Gasteiger partial charge in [-0.2, -0.15) is 5.10 Å². The number of H-pyrrole nitrogens is 1. The van der Waals surface area contributed by atoms with Crippen molar-refractivity contribution in [2.45, 2.75) is 39.5 Å². The van der Waals surface area contributed by atoms with E-state index in [9.17, 15) is 14.7 Å². The Morgan fingerprint density at radius 1 is 1.43 bits per heavy atom. The maximum atomic E-state index is 12.1. The first-order valence-electron chi connectivity index (χ1n) is 7.48. The molecule has 1 amide bonds. The number of carbonyl (C=O) groups excluding carboxylic acids is 1. The maximum absolute atomic E-state index is 12.1. The Kier molecular flexibility index (Phi) is 4.98. The van der Waals surface area contributed by atoms with Gasteiger partial charge < -0.3 is 10.4 Å². The number of nitrogens with one attached hydrogen (secondary N) is 2. The average Bonchev–Trinajstić information content (AvgIpc) is 3.01. The average molecular weight is 293 g/mol. The van der Waals surface area contributed by atoms with Crippen LogP contribution in [0.5, 0.6) is 0 Å². The molecule has 1 aliphatic carbocycles. The largest absolute Gasteiger partial charge is 0.481 e. The fourth-order valence-electron chi connectivity index (χ4n) is 3.10. The summed E-state index contributed by atoms with van der Waals surface area (Å²) in [4.78, 5) is 23.3. The van der Waals surface area contributed by atoms with E-state index in [1.54, 1.807) is 6.20 Å². The molecule has 1 fully saturated rings. The fraction of sp³-hybridized carbons (Fsp3) is 0.667. The second kappa shape index (κ2) is 6.74. The number of hydrogen-bond donors (Lipinski definition) is 3. The SMILES string of the molecule is Cc1[nH]ncc1CCCNC(=O)[C@H]1CC(C)C[C@H]1C(=O)O. The van der Waals surface area contributed by atoms with Gasteiger partial charge in [-0.15, -0.1) is 0 Å². The third-order valence-corrected chi connectivity index (χ3v) is 4.31. The third-order valence-electron chi connectivity index (χ3n) is 4.31. The van der Waals surface area contributed by atoms with Gasteiger partial charge in [0, 0.05) is 12.2 Å². The zero-order valence-electron chi connectivity index (χ0n) is 12.6. The maximum Gasteiger partial charge on any atom is 0.307 e. The summed E-state index contributed by atoms with van der Waals surface area (Å²) >= 11 is 0. The smallest absolute Gasteiger partial charge is 0.307 e. The molecule has 3 atom stereocenters. The Labute approximate surface area is 124 Å². The van der Waals surface area contributed by atoms with E-state index in [2.05, 4.69) is 15.5 Å². The molecule has 1 aromatic rings. The van der Waals surface area contributed by atoms with Gasteiger partial charge in [-0.3, -0.25) is 14.7 Å². The highest BCUT2D eigenvalue weighted by Crippen LogP contribution is 2.36. The predicted molar refractivity (Wildman–Crippen MR) is 77.7 cm³/mol. The van der Waals surface area contributed by atoms with Crippen LogP contribution in [0.4, 0.5) is 0 Å². The fourth-order valence-corrected chi connectivity index (χ4v) is 3.10. The lowest BCUT2D eigenvalue weighted by atomic mass is 9.95. The summed E-state index contributed by atoms with van der Waals surface area (Å²) in [5.41, 5.74) is 2.21. The molecule has 116 valence electrons. The van der Waals surface area contributed by atoms with Crippen LogP contribution in [0, 0.1) is 24.7 Å². The molecular formula is C15H23N3O3. The molecule has 6 heteroatoms. The summed E-state index contributed by atoms with van der Waals surface area (Å²) < 4.78 is 0. The van der Waals surface area contributed by atoms with Gasteiger partial charge in [0.2, 0.25) is 5.91 Å². The van der Waals surface area contributed by atoms with E-state index >= 15 is 0 Å². The van der Waals surface area contributed by atoms with Crippen molar-refractivity contribution in [1.82, 2.24) is 15.5 Å². The molecule has 2 rings (SSSR count). The number of aromatic amines is 1. The Morgan fingerprint density at radius 3 is 2.76 bits per heavy atom. The van der Waals surface area contributed by atoms with Crippen molar-refractivity contribution in [3.05, 3.63) is 17.5 Å². The van der Waals surface area contributed by atoms with Gasteiger partial charge in [-0.1, -0.05) is 6.92 Å². The molecule has 1 unspecified atom stereocenters. The molecule has 1 heterocycles. The standard InChI is InChI=1S/C15H23N3O3/c1-9-6-12(13(7-9)15(20)21)14(19)16-5-3-4-11-8-17-18-10(11)2/h8-9,12-13H,3-7H2,1-2H3,(H,16,19)(H,17,18)(H,20,21)/t9?,12-,13+/m0/s1. The van der Waals surface area contributed by atoms with E-state index < -0.39 is 11.9 Å². The van der Waals surface area contributed by atoms with Gasteiger partial charge in [0.25, 0.3) is 0 Å². The Hall–Kier alpha value is -1.85. The molecule has 6 nitrogen and oxygen atoms in total. The van der Waals surface area contributed by atoms with E-state index in [4.69, 9.17) is 0 Å². The monoisotopic (exact) mass is 293 g/mol. The second-order valence-electron chi connectivity index (χ2n) is 6.04. The lowest BCUT2D eigenvalue weighted by Gasteiger charge is -2.15. The highest BCUT2D eigenvalue weighted by atomic mass is 16.4. The Balaban J connectivity index is 1.76. The van der Waals surface area contributed by atoms with Gasteiger partial charge in [-0.05, 0) is 44.1 Å². The predicted octanol–water partition coefficient (Wildman–Crippen LogP) is 1.51. The minimum Gasteiger partial charge on any atom is -0.481 e. The highest BCUT2D eigenvalue weighted by Gasteiger charge is 2.40. The van der Waals surface area contributed by atoms with Crippen LogP contribution >= 0.6 is 0 Å². The van der Waals surface area contributed by atoms with Crippen molar-refractivity contribution in [3.63, 3.8) is 0 Å². The molecule has 0 radical (unpaired) electrons. The number of amides is 1. The van der Waals surface area contributed by atoms with Gasteiger partial charge in [-0.25, -0.2) is 0 Å². The van der Waals surface area contributed by atoms with E-state index in [-0.39, 0.29) is 11.8 Å². The molecule has 3 N–H and O–H groups in total.